The molecule has 27 heavy (non-hydrogen) atoms. The summed E-state index contributed by atoms with van der Waals surface area (Å²) in [5.74, 6) is 0. The predicted molar refractivity (Wildman–Crippen MR) is 111 cm³/mol. The Balaban J connectivity index is 1.64. The molecule has 2 aromatic carbocycles. The van der Waals surface area contributed by atoms with Gasteiger partial charge in [0.05, 0.1) is 4.90 Å². The molecule has 1 aliphatic heterocycles. The summed E-state index contributed by atoms with van der Waals surface area (Å²) in [7, 11) is -3.44. The maximum absolute atomic E-state index is 12.9. The number of rotatable bonds is 4. The fourth-order valence-electron chi connectivity index (χ4n) is 3.30. The van der Waals surface area contributed by atoms with Crippen molar-refractivity contribution in [3.8, 4) is 0 Å². The molecule has 1 fully saturated rings. The van der Waals surface area contributed by atoms with Gasteiger partial charge in [-0.3, -0.25) is 4.90 Å². The monoisotopic (exact) mass is 406 g/mol. The summed E-state index contributed by atoms with van der Waals surface area (Å²) in [6, 6.07) is 15.1. The summed E-state index contributed by atoms with van der Waals surface area (Å²) in [6.07, 6.45) is 0. The average Bonchev–Trinajstić information content (AvgIpc) is 2.62. The van der Waals surface area contributed by atoms with E-state index in [9.17, 15) is 8.42 Å². The van der Waals surface area contributed by atoms with Gasteiger partial charge >= 0.3 is 0 Å². The molecule has 0 N–H and O–H groups in total. The lowest BCUT2D eigenvalue weighted by Gasteiger charge is -2.34. The van der Waals surface area contributed by atoms with Crippen LogP contribution in [-0.4, -0.2) is 43.8 Å². The van der Waals surface area contributed by atoms with Crippen molar-refractivity contribution in [1.29, 1.82) is 0 Å². The van der Waals surface area contributed by atoms with Crippen molar-refractivity contribution < 1.29 is 8.42 Å². The van der Waals surface area contributed by atoms with Crippen LogP contribution in [-0.2, 0) is 22.0 Å². The molecule has 0 atom stereocenters. The minimum absolute atomic E-state index is 0.00819. The smallest absolute Gasteiger partial charge is 0.243 e. The van der Waals surface area contributed by atoms with Crippen LogP contribution in [0.1, 0.15) is 31.9 Å². The molecule has 146 valence electrons. The van der Waals surface area contributed by atoms with E-state index in [0.29, 0.717) is 31.1 Å². The van der Waals surface area contributed by atoms with Gasteiger partial charge in [0.2, 0.25) is 10.0 Å². The van der Waals surface area contributed by atoms with Gasteiger partial charge in [0.1, 0.15) is 0 Å². The van der Waals surface area contributed by atoms with Crippen LogP contribution in [0, 0.1) is 0 Å². The number of hydrogen-bond acceptors (Lipinski definition) is 3. The zero-order valence-electron chi connectivity index (χ0n) is 16.2. The van der Waals surface area contributed by atoms with E-state index in [0.717, 1.165) is 22.7 Å². The second-order valence-electron chi connectivity index (χ2n) is 8.08. The van der Waals surface area contributed by atoms with Crippen molar-refractivity contribution >= 4 is 21.6 Å². The van der Waals surface area contributed by atoms with Crippen molar-refractivity contribution in [3.63, 3.8) is 0 Å². The Morgan fingerprint density at radius 2 is 1.59 bits per heavy atom. The van der Waals surface area contributed by atoms with Crippen LogP contribution >= 0.6 is 11.6 Å². The van der Waals surface area contributed by atoms with Gasteiger partial charge in [-0.05, 0) is 40.8 Å². The number of piperazine rings is 1. The van der Waals surface area contributed by atoms with Gasteiger partial charge in [-0.2, -0.15) is 4.31 Å². The van der Waals surface area contributed by atoms with E-state index in [-0.39, 0.29) is 5.41 Å². The molecule has 1 saturated heterocycles. The van der Waals surface area contributed by atoms with Crippen LogP contribution < -0.4 is 0 Å². The lowest BCUT2D eigenvalue weighted by molar-refractivity contribution is 0.181. The SMILES string of the molecule is CC(C)(C)c1ccc(S(=O)(=O)N2CCN(Cc3cccc(Cl)c3)CC2)cc1. The summed E-state index contributed by atoms with van der Waals surface area (Å²) in [4.78, 5) is 2.64. The van der Waals surface area contributed by atoms with Gasteiger partial charge in [0, 0.05) is 37.7 Å². The van der Waals surface area contributed by atoms with E-state index in [1.54, 1.807) is 16.4 Å². The lowest BCUT2D eigenvalue weighted by atomic mass is 9.87. The van der Waals surface area contributed by atoms with E-state index >= 15 is 0 Å². The zero-order valence-corrected chi connectivity index (χ0v) is 17.7. The molecule has 2 aromatic rings. The van der Waals surface area contributed by atoms with Crippen molar-refractivity contribution in [2.24, 2.45) is 0 Å². The molecule has 0 aliphatic carbocycles. The Labute approximate surface area is 167 Å². The summed E-state index contributed by atoms with van der Waals surface area (Å²) < 4.78 is 27.5. The van der Waals surface area contributed by atoms with E-state index in [4.69, 9.17) is 11.6 Å². The van der Waals surface area contributed by atoms with Gasteiger partial charge in [0.15, 0.2) is 0 Å². The molecule has 4 nitrogen and oxygen atoms in total. The Morgan fingerprint density at radius 1 is 0.963 bits per heavy atom. The van der Waals surface area contributed by atoms with Crippen LogP contribution in [0.3, 0.4) is 0 Å². The summed E-state index contributed by atoms with van der Waals surface area (Å²) in [5, 5.41) is 0.729. The Morgan fingerprint density at radius 3 is 2.15 bits per heavy atom. The number of sulfonamides is 1. The lowest BCUT2D eigenvalue weighted by Crippen LogP contribution is -2.48. The molecule has 0 saturated carbocycles. The van der Waals surface area contributed by atoms with Gasteiger partial charge in [0.25, 0.3) is 0 Å². The molecule has 0 bridgehead atoms. The van der Waals surface area contributed by atoms with Gasteiger partial charge in [-0.15, -0.1) is 0 Å². The maximum Gasteiger partial charge on any atom is 0.243 e. The molecular weight excluding hydrogens is 380 g/mol. The third kappa shape index (κ3) is 4.91. The van der Waals surface area contributed by atoms with Crippen LogP contribution in [0.25, 0.3) is 0 Å². The molecular formula is C21H27ClN2O2S. The summed E-state index contributed by atoms with van der Waals surface area (Å²) in [6.45, 7) is 9.58. The highest BCUT2D eigenvalue weighted by atomic mass is 35.5. The van der Waals surface area contributed by atoms with Gasteiger partial charge in [-0.1, -0.05) is 56.6 Å². The van der Waals surface area contributed by atoms with E-state index in [2.05, 4.69) is 25.7 Å². The third-order valence-corrected chi connectivity index (χ3v) is 7.13. The largest absolute Gasteiger partial charge is 0.296 e. The quantitative estimate of drug-likeness (QED) is 0.765. The minimum Gasteiger partial charge on any atom is -0.296 e. The van der Waals surface area contributed by atoms with Crippen LogP contribution in [0.2, 0.25) is 5.02 Å². The normalized spacial score (nSPS) is 17.2. The highest BCUT2D eigenvalue weighted by molar-refractivity contribution is 7.89. The Hall–Kier alpha value is -1.40. The molecule has 0 unspecified atom stereocenters. The highest BCUT2D eigenvalue weighted by Crippen LogP contribution is 2.25. The molecule has 0 radical (unpaired) electrons. The molecule has 3 rings (SSSR count). The number of hydrogen-bond donors (Lipinski definition) is 0. The van der Waals surface area contributed by atoms with Crippen molar-refractivity contribution in [2.45, 2.75) is 37.6 Å². The zero-order chi connectivity index (χ0) is 19.7. The topological polar surface area (TPSA) is 40.6 Å². The predicted octanol–water partition coefficient (Wildman–Crippen LogP) is 4.14. The average molecular weight is 407 g/mol. The molecule has 6 heteroatoms. The van der Waals surface area contributed by atoms with Crippen molar-refractivity contribution in [3.05, 3.63) is 64.7 Å². The molecule has 0 spiro atoms. The van der Waals surface area contributed by atoms with Crippen molar-refractivity contribution in [1.82, 2.24) is 9.21 Å². The van der Waals surface area contributed by atoms with E-state index in [1.807, 2.05) is 36.4 Å². The fraction of sp³-hybridized carbons (Fsp3) is 0.429. The Bertz CT molecular complexity index is 881. The second kappa shape index (κ2) is 7.92. The van der Waals surface area contributed by atoms with E-state index < -0.39 is 10.0 Å². The van der Waals surface area contributed by atoms with Crippen LogP contribution in [0.15, 0.2) is 53.4 Å². The number of benzene rings is 2. The highest BCUT2D eigenvalue weighted by Gasteiger charge is 2.28. The second-order valence-corrected chi connectivity index (χ2v) is 10.5. The van der Waals surface area contributed by atoms with Gasteiger partial charge in [-0.25, -0.2) is 8.42 Å². The molecule has 1 aliphatic rings. The van der Waals surface area contributed by atoms with Gasteiger partial charge < -0.3 is 0 Å². The first-order valence-corrected chi connectivity index (χ1v) is 11.1. The molecule has 0 amide bonds. The molecule has 0 aromatic heterocycles. The Kier molecular flexibility index (Phi) is 5.96. The summed E-state index contributed by atoms with van der Waals surface area (Å²) in [5.41, 5.74) is 2.29. The summed E-state index contributed by atoms with van der Waals surface area (Å²) >= 11 is 6.05. The van der Waals surface area contributed by atoms with Crippen LogP contribution in [0.4, 0.5) is 0 Å². The minimum atomic E-state index is -3.44. The maximum atomic E-state index is 12.9. The standard InChI is InChI=1S/C21H27ClN2O2S/c1-21(2,3)18-7-9-20(10-8-18)27(25,26)24-13-11-23(12-14-24)16-17-5-4-6-19(22)15-17/h4-10,15H,11-14,16H2,1-3H3. The first-order valence-electron chi connectivity index (χ1n) is 9.24. The third-order valence-electron chi connectivity index (χ3n) is 4.98. The molecule has 1 heterocycles. The number of nitrogens with zero attached hydrogens (tertiary/aromatic N) is 2. The first-order chi connectivity index (χ1) is 12.7. The van der Waals surface area contributed by atoms with Crippen molar-refractivity contribution in [2.75, 3.05) is 26.2 Å². The van der Waals surface area contributed by atoms with E-state index in [1.165, 1.54) is 0 Å². The first kappa shape index (κ1) is 20.3. The number of halogens is 1. The fourth-order valence-corrected chi connectivity index (χ4v) is 4.93. The van der Waals surface area contributed by atoms with Crippen LogP contribution in [0.5, 0.6) is 0 Å².